The lowest BCUT2D eigenvalue weighted by Crippen LogP contribution is -2.34. The molecule has 0 atom stereocenters. The lowest BCUT2D eigenvalue weighted by molar-refractivity contribution is 0.241. The number of benzene rings is 1. The van der Waals surface area contributed by atoms with Crippen LogP contribution in [-0.4, -0.2) is 26.4 Å². The highest BCUT2D eigenvalue weighted by Crippen LogP contribution is 2.23. The van der Waals surface area contributed by atoms with Gasteiger partial charge in [-0.1, -0.05) is 11.6 Å². The van der Waals surface area contributed by atoms with Gasteiger partial charge < -0.3 is 9.97 Å². The quantitative estimate of drug-likeness (QED) is 0.634. The SMILES string of the molecule is Cc1ccc2[nH]cc(CN3CCc4c([nH]c(=S)[nH]c4=O)C3)c2c1. The molecule has 2 aromatic heterocycles. The normalized spacial score (nSPS) is 15.0. The zero-order valence-electron chi connectivity index (χ0n) is 12.9. The van der Waals surface area contributed by atoms with Gasteiger partial charge in [-0.05, 0) is 43.3 Å². The summed E-state index contributed by atoms with van der Waals surface area (Å²) in [4.78, 5) is 23.4. The van der Waals surface area contributed by atoms with Crippen LogP contribution in [0.15, 0.2) is 29.2 Å². The topological polar surface area (TPSA) is 67.7 Å². The summed E-state index contributed by atoms with van der Waals surface area (Å²) in [6.45, 7) is 4.57. The number of rotatable bonds is 2. The molecule has 0 saturated carbocycles. The minimum absolute atomic E-state index is 0.0499. The molecule has 0 unspecified atom stereocenters. The van der Waals surface area contributed by atoms with E-state index >= 15 is 0 Å². The molecule has 0 bridgehead atoms. The van der Waals surface area contributed by atoms with E-state index in [9.17, 15) is 4.79 Å². The van der Waals surface area contributed by atoms with E-state index in [1.54, 1.807) is 0 Å². The number of aryl methyl sites for hydroxylation is 1. The van der Waals surface area contributed by atoms with Gasteiger partial charge in [-0.15, -0.1) is 0 Å². The zero-order chi connectivity index (χ0) is 16.0. The molecule has 1 aliphatic rings. The fraction of sp³-hybridized carbons (Fsp3) is 0.294. The molecule has 3 heterocycles. The van der Waals surface area contributed by atoms with Gasteiger partial charge in [-0.25, -0.2) is 0 Å². The van der Waals surface area contributed by atoms with E-state index < -0.39 is 0 Å². The molecule has 0 radical (unpaired) electrons. The van der Waals surface area contributed by atoms with Crippen molar-refractivity contribution in [1.82, 2.24) is 19.9 Å². The van der Waals surface area contributed by atoms with Crippen LogP contribution in [0.5, 0.6) is 0 Å². The standard InChI is InChI=1S/C17H18N4OS/c1-10-2-3-14-13(6-10)11(7-18-14)8-21-5-4-12-15(9-21)19-17(23)20-16(12)22/h2-3,6-7,18H,4-5,8-9H2,1H3,(H2,19,20,22,23). The van der Waals surface area contributed by atoms with Gasteiger partial charge in [0.15, 0.2) is 4.77 Å². The molecule has 23 heavy (non-hydrogen) atoms. The van der Waals surface area contributed by atoms with Crippen LogP contribution in [0.2, 0.25) is 0 Å². The first kappa shape index (κ1) is 14.4. The molecule has 4 rings (SSSR count). The van der Waals surface area contributed by atoms with E-state index in [2.05, 4.69) is 51.2 Å². The number of hydrogen-bond acceptors (Lipinski definition) is 3. The van der Waals surface area contributed by atoms with Gasteiger partial charge in [0.2, 0.25) is 0 Å². The molecule has 0 amide bonds. The Hall–Kier alpha value is -2.18. The highest BCUT2D eigenvalue weighted by molar-refractivity contribution is 7.71. The van der Waals surface area contributed by atoms with E-state index in [0.29, 0.717) is 4.77 Å². The van der Waals surface area contributed by atoms with Crippen molar-refractivity contribution in [3.8, 4) is 0 Å². The van der Waals surface area contributed by atoms with Crippen molar-refractivity contribution in [3.63, 3.8) is 0 Å². The highest BCUT2D eigenvalue weighted by atomic mass is 32.1. The van der Waals surface area contributed by atoms with Gasteiger partial charge in [-0.2, -0.15) is 0 Å². The monoisotopic (exact) mass is 326 g/mol. The predicted molar refractivity (Wildman–Crippen MR) is 93.1 cm³/mol. The van der Waals surface area contributed by atoms with Gasteiger partial charge in [-0.3, -0.25) is 14.7 Å². The van der Waals surface area contributed by atoms with Gasteiger partial charge in [0.05, 0.1) is 0 Å². The molecular formula is C17H18N4OS. The maximum atomic E-state index is 12.0. The summed E-state index contributed by atoms with van der Waals surface area (Å²) >= 11 is 5.08. The van der Waals surface area contributed by atoms with Crippen LogP contribution in [0.3, 0.4) is 0 Å². The lowest BCUT2D eigenvalue weighted by Gasteiger charge is -2.27. The maximum absolute atomic E-state index is 12.0. The van der Waals surface area contributed by atoms with Crippen molar-refractivity contribution in [2.45, 2.75) is 26.4 Å². The van der Waals surface area contributed by atoms with Crippen molar-refractivity contribution < 1.29 is 0 Å². The molecule has 1 aliphatic heterocycles. The molecular weight excluding hydrogens is 308 g/mol. The second-order valence-corrected chi connectivity index (χ2v) is 6.60. The molecule has 118 valence electrons. The molecule has 0 saturated heterocycles. The van der Waals surface area contributed by atoms with Gasteiger partial charge in [0.25, 0.3) is 5.56 Å². The summed E-state index contributed by atoms with van der Waals surface area (Å²) < 4.78 is 0.401. The smallest absolute Gasteiger partial charge is 0.255 e. The molecule has 0 spiro atoms. The van der Waals surface area contributed by atoms with Gasteiger partial charge >= 0.3 is 0 Å². The van der Waals surface area contributed by atoms with Crippen LogP contribution in [0.25, 0.3) is 10.9 Å². The van der Waals surface area contributed by atoms with E-state index in [0.717, 1.165) is 37.3 Å². The Bertz CT molecular complexity index is 998. The largest absolute Gasteiger partial charge is 0.361 e. The fourth-order valence-corrected chi connectivity index (χ4v) is 3.55. The van der Waals surface area contributed by atoms with Crippen molar-refractivity contribution in [1.29, 1.82) is 0 Å². The summed E-state index contributed by atoms with van der Waals surface area (Å²) in [5, 5.41) is 1.27. The first-order valence-electron chi connectivity index (χ1n) is 7.73. The Morgan fingerprint density at radius 2 is 2.17 bits per heavy atom. The molecule has 0 aliphatic carbocycles. The van der Waals surface area contributed by atoms with E-state index in [1.165, 1.54) is 22.0 Å². The maximum Gasteiger partial charge on any atom is 0.255 e. The fourth-order valence-electron chi connectivity index (χ4n) is 3.33. The van der Waals surface area contributed by atoms with Gasteiger partial charge in [0, 0.05) is 48.0 Å². The Morgan fingerprint density at radius 3 is 3.04 bits per heavy atom. The second-order valence-electron chi connectivity index (χ2n) is 6.19. The molecule has 5 nitrogen and oxygen atoms in total. The number of aromatic amines is 3. The van der Waals surface area contributed by atoms with Crippen LogP contribution < -0.4 is 5.56 Å². The Kier molecular flexibility index (Phi) is 3.43. The lowest BCUT2D eigenvalue weighted by atomic mass is 10.1. The minimum Gasteiger partial charge on any atom is -0.361 e. The van der Waals surface area contributed by atoms with E-state index in [4.69, 9.17) is 12.2 Å². The number of nitrogens with one attached hydrogen (secondary N) is 3. The summed E-state index contributed by atoms with van der Waals surface area (Å²) in [5.41, 5.74) is 5.45. The summed E-state index contributed by atoms with van der Waals surface area (Å²) in [6, 6.07) is 6.46. The Morgan fingerprint density at radius 1 is 1.30 bits per heavy atom. The van der Waals surface area contributed by atoms with Crippen LogP contribution in [0.1, 0.15) is 22.4 Å². The molecule has 1 aromatic carbocycles. The van der Waals surface area contributed by atoms with Crippen LogP contribution in [-0.2, 0) is 19.5 Å². The third-order valence-electron chi connectivity index (χ3n) is 4.51. The zero-order valence-corrected chi connectivity index (χ0v) is 13.7. The molecule has 0 fully saturated rings. The first-order valence-corrected chi connectivity index (χ1v) is 8.14. The summed E-state index contributed by atoms with van der Waals surface area (Å²) in [6.07, 6.45) is 2.83. The first-order chi connectivity index (χ1) is 11.1. The second kappa shape index (κ2) is 5.47. The summed E-state index contributed by atoms with van der Waals surface area (Å²) in [7, 11) is 0. The average molecular weight is 326 g/mol. The number of nitrogens with zero attached hydrogens (tertiary/aromatic N) is 1. The Balaban J connectivity index is 1.63. The Labute approximate surface area is 138 Å². The molecule has 3 N–H and O–H groups in total. The van der Waals surface area contributed by atoms with Crippen LogP contribution >= 0.6 is 12.2 Å². The van der Waals surface area contributed by atoms with Crippen molar-refractivity contribution in [2.75, 3.05) is 6.54 Å². The summed E-state index contributed by atoms with van der Waals surface area (Å²) in [5.74, 6) is 0. The number of aromatic nitrogens is 3. The number of hydrogen-bond donors (Lipinski definition) is 3. The van der Waals surface area contributed by atoms with Crippen LogP contribution in [0.4, 0.5) is 0 Å². The minimum atomic E-state index is -0.0499. The average Bonchev–Trinajstić information content (AvgIpc) is 2.89. The highest BCUT2D eigenvalue weighted by Gasteiger charge is 2.20. The van der Waals surface area contributed by atoms with Crippen LogP contribution in [0, 0.1) is 11.7 Å². The van der Waals surface area contributed by atoms with Crippen molar-refractivity contribution in [3.05, 3.63) is 61.9 Å². The molecule has 6 heteroatoms. The number of H-pyrrole nitrogens is 3. The van der Waals surface area contributed by atoms with Crippen molar-refractivity contribution in [2.24, 2.45) is 0 Å². The van der Waals surface area contributed by atoms with Gasteiger partial charge in [0.1, 0.15) is 0 Å². The van der Waals surface area contributed by atoms with E-state index in [-0.39, 0.29) is 5.56 Å². The van der Waals surface area contributed by atoms with Crippen molar-refractivity contribution >= 4 is 23.1 Å². The third-order valence-corrected chi connectivity index (χ3v) is 4.71. The number of fused-ring (bicyclic) bond motifs is 2. The predicted octanol–water partition coefficient (Wildman–Crippen LogP) is 2.78. The molecule has 3 aromatic rings. The third kappa shape index (κ3) is 2.64. The van der Waals surface area contributed by atoms with E-state index in [1.807, 2.05) is 0 Å².